The Morgan fingerprint density at radius 2 is 1.71 bits per heavy atom. The summed E-state index contributed by atoms with van der Waals surface area (Å²) in [5.74, 6) is 0.777. The largest absolute Gasteiger partial charge is 0.310 e. The molecular formula is C15H24N2. The highest BCUT2D eigenvalue weighted by molar-refractivity contribution is 5.16. The molecule has 17 heavy (non-hydrogen) atoms. The Morgan fingerprint density at radius 1 is 1.18 bits per heavy atom. The van der Waals surface area contributed by atoms with Crippen molar-refractivity contribution in [3.05, 3.63) is 30.1 Å². The van der Waals surface area contributed by atoms with E-state index in [1.807, 2.05) is 12.4 Å². The van der Waals surface area contributed by atoms with Gasteiger partial charge in [0, 0.05) is 18.4 Å². The van der Waals surface area contributed by atoms with Gasteiger partial charge in [-0.05, 0) is 47.9 Å². The zero-order valence-corrected chi connectivity index (χ0v) is 11.6. The van der Waals surface area contributed by atoms with E-state index in [1.54, 1.807) is 0 Å². The van der Waals surface area contributed by atoms with Gasteiger partial charge in [-0.25, -0.2) is 0 Å². The van der Waals surface area contributed by atoms with E-state index in [1.165, 1.54) is 5.56 Å². The smallest absolute Gasteiger partial charge is 0.0293 e. The Bertz CT molecular complexity index is 367. The van der Waals surface area contributed by atoms with Gasteiger partial charge >= 0.3 is 0 Å². The molecule has 0 spiro atoms. The van der Waals surface area contributed by atoms with Crippen LogP contribution in [0.15, 0.2) is 24.5 Å². The first-order valence-electron chi connectivity index (χ1n) is 6.50. The number of pyridine rings is 1. The fraction of sp³-hybridized carbons (Fsp3) is 0.667. The van der Waals surface area contributed by atoms with Crippen LogP contribution in [0.1, 0.15) is 46.2 Å². The van der Waals surface area contributed by atoms with Crippen LogP contribution in [0.2, 0.25) is 0 Å². The topological polar surface area (TPSA) is 24.9 Å². The van der Waals surface area contributed by atoms with Gasteiger partial charge in [0.25, 0.3) is 0 Å². The summed E-state index contributed by atoms with van der Waals surface area (Å²) in [6.07, 6.45) is 3.72. The molecule has 2 nitrogen and oxygen atoms in total. The molecule has 1 heterocycles. The number of nitrogens with one attached hydrogen (secondary N) is 1. The maximum absolute atomic E-state index is 4.05. The average Bonchev–Trinajstić information content (AvgIpc) is 2.68. The van der Waals surface area contributed by atoms with Crippen LogP contribution >= 0.6 is 0 Å². The quantitative estimate of drug-likeness (QED) is 0.860. The highest BCUT2D eigenvalue weighted by atomic mass is 14.9. The molecule has 0 radical (unpaired) electrons. The van der Waals surface area contributed by atoms with E-state index < -0.39 is 0 Å². The molecule has 2 heteroatoms. The summed E-state index contributed by atoms with van der Waals surface area (Å²) in [5.41, 5.74) is 2.26. The number of rotatable bonds is 4. The van der Waals surface area contributed by atoms with Crippen molar-refractivity contribution in [3.63, 3.8) is 0 Å². The summed E-state index contributed by atoms with van der Waals surface area (Å²) in [6, 6.07) is 4.58. The summed E-state index contributed by atoms with van der Waals surface area (Å²) in [6.45, 7) is 12.8. The predicted octanol–water partition coefficient (Wildman–Crippen LogP) is 3.41. The van der Waals surface area contributed by atoms with E-state index in [0.29, 0.717) is 16.9 Å². The molecule has 1 unspecified atom stereocenters. The molecular weight excluding hydrogens is 208 g/mol. The van der Waals surface area contributed by atoms with Gasteiger partial charge in [0.2, 0.25) is 0 Å². The van der Waals surface area contributed by atoms with E-state index in [-0.39, 0.29) is 0 Å². The minimum atomic E-state index is 0.408. The fourth-order valence-electron chi connectivity index (χ4n) is 2.91. The molecule has 0 bridgehead atoms. The molecule has 94 valence electrons. The Morgan fingerprint density at radius 3 is 2.18 bits per heavy atom. The lowest BCUT2D eigenvalue weighted by atomic mass is 10.0. The Balaban J connectivity index is 1.89. The zero-order chi connectivity index (χ0) is 12.7. The maximum atomic E-state index is 4.05. The van der Waals surface area contributed by atoms with Gasteiger partial charge < -0.3 is 5.32 Å². The van der Waals surface area contributed by atoms with E-state index in [4.69, 9.17) is 0 Å². The summed E-state index contributed by atoms with van der Waals surface area (Å²) in [4.78, 5) is 4.05. The molecule has 0 aliphatic heterocycles. The van der Waals surface area contributed by atoms with Crippen molar-refractivity contribution >= 4 is 0 Å². The van der Waals surface area contributed by atoms with Crippen LogP contribution in [0.25, 0.3) is 0 Å². The summed E-state index contributed by atoms with van der Waals surface area (Å²) in [7, 11) is 0. The standard InChI is InChI=1S/C15H24N2/c1-11(12-6-8-16-9-7-12)17-10-13-14(2,3)15(13,4)5/h6-9,11,13,17H,10H2,1-5H3. The number of nitrogens with zero attached hydrogens (tertiary/aromatic N) is 1. The third-order valence-electron chi connectivity index (χ3n) is 5.15. The number of aromatic nitrogens is 1. The molecule has 1 atom stereocenters. The van der Waals surface area contributed by atoms with E-state index >= 15 is 0 Å². The maximum Gasteiger partial charge on any atom is 0.0293 e. The fourth-order valence-corrected chi connectivity index (χ4v) is 2.91. The number of hydrogen-bond donors (Lipinski definition) is 1. The van der Waals surface area contributed by atoms with Crippen LogP contribution in [0, 0.1) is 16.7 Å². The van der Waals surface area contributed by atoms with Gasteiger partial charge in [0.1, 0.15) is 0 Å². The lowest BCUT2D eigenvalue weighted by molar-refractivity contribution is 0.457. The summed E-state index contributed by atoms with van der Waals surface area (Å²) in [5, 5.41) is 3.64. The third-order valence-corrected chi connectivity index (χ3v) is 5.15. The molecule has 0 aromatic carbocycles. The monoisotopic (exact) mass is 232 g/mol. The Kier molecular flexibility index (Phi) is 3.03. The summed E-state index contributed by atoms with van der Waals surface area (Å²) >= 11 is 0. The van der Waals surface area contributed by atoms with Crippen molar-refractivity contribution in [2.24, 2.45) is 16.7 Å². The molecule has 1 fully saturated rings. The van der Waals surface area contributed by atoms with Gasteiger partial charge in [-0.3, -0.25) is 4.98 Å². The van der Waals surface area contributed by atoms with Crippen LogP contribution in [-0.2, 0) is 0 Å². The van der Waals surface area contributed by atoms with Crippen LogP contribution in [0.3, 0.4) is 0 Å². The predicted molar refractivity (Wildman–Crippen MR) is 71.7 cm³/mol. The van der Waals surface area contributed by atoms with E-state index in [9.17, 15) is 0 Å². The average molecular weight is 232 g/mol. The Labute approximate surface area is 105 Å². The molecule has 1 aromatic heterocycles. The first-order chi connectivity index (χ1) is 7.87. The lowest BCUT2D eigenvalue weighted by Crippen LogP contribution is -2.23. The molecule has 2 rings (SSSR count). The van der Waals surface area contributed by atoms with Gasteiger partial charge in [-0.15, -0.1) is 0 Å². The SMILES string of the molecule is CC(NCC1C(C)(C)C1(C)C)c1ccncc1. The summed E-state index contributed by atoms with van der Waals surface area (Å²) < 4.78 is 0. The third kappa shape index (κ3) is 2.11. The zero-order valence-electron chi connectivity index (χ0n) is 11.6. The second kappa shape index (κ2) is 4.09. The molecule has 0 amide bonds. The normalized spacial score (nSPS) is 23.4. The van der Waals surface area contributed by atoms with Crippen molar-refractivity contribution in [3.8, 4) is 0 Å². The molecule has 0 saturated heterocycles. The van der Waals surface area contributed by atoms with Crippen molar-refractivity contribution < 1.29 is 0 Å². The van der Waals surface area contributed by atoms with Crippen LogP contribution in [-0.4, -0.2) is 11.5 Å². The Hall–Kier alpha value is -0.890. The first kappa shape index (κ1) is 12.6. The minimum Gasteiger partial charge on any atom is -0.310 e. The van der Waals surface area contributed by atoms with Crippen molar-refractivity contribution in [2.45, 2.75) is 40.7 Å². The van der Waals surface area contributed by atoms with Gasteiger partial charge in [0.15, 0.2) is 0 Å². The lowest BCUT2D eigenvalue weighted by Gasteiger charge is -2.14. The van der Waals surface area contributed by atoms with Gasteiger partial charge in [-0.2, -0.15) is 0 Å². The van der Waals surface area contributed by atoms with Gasteiger partial charge in [-0.1, -0.05) is 27.7 Å². The van der Waals surface area contributed by atoms with Crippen molar-refractivity contribution in [2.75, 3.05) is 6.54 Å². The second-order valence-corrected chi connectivity index (χ2v) is 6.41. The minimum absolute atomic E-state index is 0.408. The van der Waals surface area contributed by atoms with Crippen LogP contribution < -0.4 is 5.32 Å². The molecule has 1 aliphatic rings. The van der Waals surface area contributed by atoms with Crippen LogP contribution in [0.5, 0.6) is 0 Å². The highest BCUT2D eigenvalue weighted by Gasteiger charge is 2.63. The first-order valence-corrected chi connectivity index (χ1v) is 6.50. The van der Waals surface area contributed by atoms with Crippen molar-refractivity contribution in [1.29, 1.82) is 0 Å². The molecule has 1 N–H and O–H groups in total. The highest BCUT2D eigenvalue weighted by Crippen LogP contribution is 2.68. The van der Waals surface area contributed by atoms with Gasteiger partial charge in [0.05, 0.1) is 0 Å². The van der Waals surface area contributed by atoms with E-state index in [2.05, 4.69) is 57.1 Å². The van der Waals surface area contributed by atoms with Crippen molar-refractivity contribution in [1.82, 2.24) is 10.3 Å². The molecule has 1 saturated carbocycles. The molecule has 1 aliphatic carbocycles. The second-order valence-electron chi connectivity index (χ2n) is 6.41. The van der Waals surface area contributed by atoms with Crippen LogP contribution in [0.4, 0.5) is 0 Å². The number of hydrogen-bond acceptors (Lipinski definition) is 2. The molecule has 1 aromatic rings. The van der Waals surface area contributed by atoms with E-state index in [0.717, 1.165) is 12.5 Å².